The van der Waals surface area contributed by atoms with E-state index in [0.29, 0.717) is 21.4 Å². The summed E-state index contributed by atoms with van der Waals surface area (Å²) in [6.07, 6.45) is 0. The van der Waals surface area contributed by atoms with Crippen LogP contribution in [0.3, 0.4) is 0 Å². The Kier molecular flexibility index (Phi) is 1.81. The molecule has 1 aliphatic heterocycles. The van der Waals surface area contributed by atoms with Crippen molar-refractivity contribution in [1.82, 2.24) is 0 Å². The molecule has 0 atom stereocenters. The van der Waals surface area contributed by atoms with Gasteiger partial charge in [0.05, 0.1) is 21.4 Å². The van der Waals surface area contributed by atoms with Gasteiger partial charge in [-0.3, -0.25) is 9.59 Å². The SMILES string of the molecule is O=c1c2c(c1=O)Nc1cc(Cl)c(Cl)cc1N2. The lowest BCUT2D eigenvalue weighted by atomic mass is 10.1. The van der Waals surface area contributed by atoms with E-state index >= 15 is 0 Å². The van der Waals surface area contributed by atoms with Crippen molar-refractivity contribution in [2.75, 3.05) is 10.6 Å². The highest BCUT2D eigenvalue weighted by molar-refractivity contribution is 6.42. The summed E-state index contributed by atoms with van der Waals surface area (Å²) in [5, 5.41) is 6.47. The van der Waals surface area contributed by atoms with E-state index in [0.717, 1.165) is 0 Å². The van der Waals surface area contributed by atoms with Gasteiger partial charge in [0.25, 0.3) is 10.9 Å². The summed E-state index contributed by atoms with van der Waals surface area (Å²) in [6, 6.07) is 3.21. The van der Waals surface area contributed by atoms with E-state index in [9.17, 15) is 9.59 Å². The van der Waals surface area contributed by atoms with Gasteiger partial charge in [0.2, 0.25) is 0 Å². The van der Waals surface area contributed by atoms with Crippen molar-refractivity contribution >= 4 is 46.0 Å². The van der Waals surface area contributed by atoms with Crippen LogP contribution in [0.1, 0.15) is 0 Å². The van der Waals surface area contributed by atoms with Gasteiger partial charge in [-0.25, -0.2) is 0 Å². The standard InChI is InChI=1S/C10H4Cl2N2O2/c11-3-1-5-6(2-4(3)12)14-8-7(13-5)9(15)10(8)16/h1-2,13-14H. The third-order valence-electron chi connectivity index (χ3n) is 2.49. The van der Waals surface area contributed by atoms with Crippen LogP contribution in [0.25, 0.3) is 0 Å². The van der Waals surface area contributed by atoms with Gasteiger partial charge in [-0.15, -0.1) is 0 Å². The molecule has 0 radical (unpaired) electrons. The molecule has 16 heavy (non-hydrogen) atoms. The minimum atomic E-state index is -0.515. The molecule has 1 heterocycles. The summed E-state index contributed by atoms with van der Waals surface area (Å²) in [4.78, 5) is 22.4. The van der Waals surface area contributed by atoms with Crippen molar-refractivity contribution in [3.63, 3.8) is 0 Å². The van der Waals surface area contributed by atoms with Crippen LogP contribution >= 0.6 is 23.2 Å². The highest BCUT2D eigenvalue weighted by Crippen LogP contribution is 2.40. The van der Waals surface area contributed by atoms with Gasteiger partial charge in [-0.05, 0) is 12.1 Å². The highest BCUT2D eigenvalue weighted by atomic mass is 35.5. The molecule has 3 rings (SSSR count). The van der Waals surface area contributed by atoms with Gasteiger partial charge < -0.3 is 10.6 Å². The Morgan fingerprint density at radius 1 is 0.812 bits per heavy atom. The van der Waals surface area contributed by atoms with Crippen LogP contribution in [-0.4, -0.2) is 0 Å². The number of rotatable bonds is 0. The molecule has 0 saturated carbocycles. The molecule has 0 amide bonds. The fourth-order valence-electron chi connectivity index (χ4n) is 1.65. The zero-order valence-corrected chi connectivity index (χ0v) is 9.24. The summed E-state index contributed by atoms with van der Waals surface area (Å²) in [5.74, 6) is 0. The first-order valence-electron chi connectivity index (χ1n) is 4.44. The molecule has 0 aromatic heterocycles. The fourth-order valence-corrected chi connectivity index (χ4v) is 1.98. The molecule has 2 aromatic carbocycles. The molecular weight excluding hydrogens is 251 g/mol. The Labute approximate surface area is 99.5 Å². The molecule has 0 aliphatic carbocycles. The number of fused-ring (bicyclic) bond motifs is 2. The van der Waals surface area contributed by atoms with Gasteiger partial charge in [-0.1, -0.05) is 23.2 Å². The predicted octanol–water partition coefficient (Wildman–Crippen LogP) is 2.39. The molecule has 1 aliphatic rings. The molecule has 0 spiro atoms. The lowest BCUT2D eigenvalue weighted by Crippen LogP contribution is -2.37. The molecule has 0 saturated heterocycles. The second-order valence-electron chi connectivity index (χ2n) is 3.47. The number of hydrogen-bond acceptors (Lipinski definition) is 4. The maximum Gasteiger partial charge on any atom is 0.253 e. The molecule has 0 fully saturated rings. The fraction of sp³-hybridized carbons (Fsp3) is 0. The maximum atomic E-state index is 11.2. The first-order valence-corrected chi connectivity index (χ1v) is 5.20. The van der Waals surface area contributed by atoms with E-state index in [4.69, 9.17) is 23.2 Å². The van der Waals surface area contributed by atoms with Crippen LogP contribution in [0.2, 0.25) is 10.0 Å². The second kappa shape index (κ2) is 2.99. The maximum absolute atomic E-state index is 11.2. The molecule has 4 nitrogen and oxygen atoms in total. The van der Waals surface area contributed by atoms with Crippen LogP contribution in [0.5, 0.6) is 0 Å². The molecule has 0 unspecified atom stereocenters. The third kappa shape index (κ3) is 1.11. The Morgan fingerprint density at radius 2 is 1.19 bits per heavy atom. The quantitative estimate of drug-likeness (QED) is 0.605. The van der Waals surface area contributed by atoms with E-state index in [-0.39, 0.29) is 11.4 Å². The minimum Gasteiger partial charge on any atom is -0.349 e. The molecule has 6 heteroatoms. The second-order valence-corrected chi connectivity index (χ2v) is 4.28. The summed E-state index contributed by atoms with van der Waals surface area (Å²) in [6.45, 7) is 0. The number of anilines is 4. The molecule has 2 aromatic rings. The van der Waals surface area contributed by atoms with Crippen molar-refractivity contribution in [2.24, 2.45) is 0 Å². The first-order chi connectivity index (χ1) is 7.58. The van der Waals surface area contributed by atoms with Crippen LogP contribution < -0.4 is 21.5 Å². The van der Waals surface area contributed by atoms with Crippen LogP contribution in [-0.2, 0) is 0 Å². The predicted molar refractivity (Wildman–Crippen MR) is 64.4 cm³/mol. The Morgan fingerprint density at radius 3 is 1.56 bits per heavy atom. The first kappa shape index (κ1) is 9.69. The van der Waals surface area contributed by atoms with E-state index in [1.54, 1.807) is 12.1 Å². The molecular formula is C10H4Cl2N2O2. The van der Waals surface area contributed by atoms with Crippen molar-refractivity contribution in [3.05, 3.63) is 42.6 Å². The van der Waals surface area contributed by atoms with Crippen LogP contribution in [0.15, 0.2) is 21.7 Å². The topological polar surface area (TPSA) is 58.2 Å². The van der Waals surface area contributed by atoms with Gasteiger partial charge in [-0.2, -0.15) is 0 Å². The third-order valence-corrected chi connectivity index (χ3v) is 3.21. The van der Waals surface area contributed by atoms with Crippen molar-refractivity contribution in [3.8, 4) is 0 Å². The van der Waals surface area contributed by atoms with E-state index < -0.39 is 10.9 Å². The van der Waals surface area contributed by atoms with Gasteiger partial charge in [0.1, 0.15) is 11.4 Å². The molecule has 2 N–H and O–H groups in total. The Bertz CT molecular complexity index is 628. The lowest BCUT2D eigenvalue weighted by molar-refractivity contribution is 1.32. The van der Waals surface area contributed by atoms with Gasteiger partial charge in [0.15, 0.2) is 0 Å². The average Bonchev–Trinajstić information content (AvgIpc) is 2.28. The summed E-state index contributed by atoms with van der Waals surface area (Å²) >= 11 is 11.7. The van der Waals surface area contributed by atoms with E-state index in [1.165, 1.54) is 0 Å². The number of hydrogen-bond donors (Lipinski definition) is 2. The van der Waals surface area contributed by atoms with Crippen molar-refractivity contribution < 1.29 is 0 Å². The smallest absolute Gasteiger partial charge is 0.253 e. The summed E-state index contributed by atoms with van der Waals surface area (Å²) in [7, 11) is 0. The van der Waals surface area contributed by atoms with Gasteiger partial charge >= 0.3 is 0 Å². The Hall–Kier alpha value is -1.52. The lowest BCUT2D eigenvalue weighted by Gasteiger charge is -2.23. The average molecular weight is 255 g/mol. The molecule has 80 valence electrons. The van der Waals surface area contributed by atoms with E-state index in [2.05, 4.69) is 10.6 Å². The number of nitrogens with one attached hydrogen (secondary N) is 2. The minimum absolute atomic E-state index is 0.288. The monoisotopic (exact) mass is 254 g/mol. The zero-order valence-electron chi connectivity index (χ0n) is 7.73. The summed E-state index contributed by atoms with van der Waals surface area (Å²) in [5.41, 5.74) is 0.813. The summed E-state index contributed by atoms with van der Waals surface area (Å²) < 4.78 is 0. The molecule has 0 bridgehead atoms. The van der Waals surface area contributed by atoms with Crippen LogP contribution in [0, 0.1) is 0 Å². The van der Waals surface area contributed by atoms with Crippen molar-refractivity contribution in [2.45, 2.75) is 0 Å². The number of benzene rings is 1. The normalized spacial score (nSPS) is 12.6. The Balaban J connectivity index is 2.17. The van der Waals surface area contributed by atoms with E-state index in [1.807, 2.05) is 0 Å². The highest BCUT2D eigenvalue weighted by Gasteiger charge is 2.26. The van der Waals surface area contributed by atoms with Gasteiger partial charge in [0, 0.05) is 0 Å². The number of halogens is 2. The zero-order chi connectivity index (χ0) is 11.4. The largest absolute Gasteiger partial charge is 0.349 e. The van der Waals surface area contributed by atoms with Crippen molar-refractivity contribution in [1.29, 1.82) is 0 Å². The van der Waals surface area contributed by atoms with Crippen LogP contribution in [0.4, 0.5) is 22.7 Å².